The van der Waals surface area contributed by atoms with Crippen LogP contribution in [0.4, 0.5) is 0 Å². The van der Waals surface area contributed by atoms with Gasteiger partial charge in [0.15, 0.2) is 0 Å². The molecule has 21 heavy (non-hydrogen) atoms. The molecule has 0 saturated heterocycles. The summed E-state index contributed by atoms with van der Waals surface area (Å²) in [6, 6.07) is 16.6. The van der Waals surface area contributed by atoms with Crippen LogP contribution < -0.4 is 4.57 Å². The number of aliphatic hydroxyl groups is 1. The second-order valence-corrected chi connectivity index (χ2v) is 6.31. The summed E-state index contributed by atoms with van der Waals surface area (Å²) < 4.78 is 3.57. The van der Waals surface area contributed by atoms with Gasteiger partial charge in [0, 0.05) is 18.1 Å². The van der Waals surface area contributed by atoms with E-state index in [0.717, 1.165) is 24.1 Å². The number of fused-ring (bicyclic) bond motifs is 2. The van der Waals surface area contributed by atoms with Crippen LogP contribution >= 0.6 is 11.3 Å². The average Bonchev–Trinajstić information content (AvgIpc) is 3.05. The van der Waals surface area contributed by atoms with Crippen molar-refractivity contribution in [2.75, 3.05) is 0 Å². The van der Waals surface area contributed by atoms with E-state index >= 15 is 0 Å². The molecule has 4 rings (SSSR count). The zero-order valence-corrected chi connectivity index (χ0v) is 12.7. The van der Waals surface area contributed by atoms with Crippen molar-refractivity contribution in [2.24, 2.45) is 0 Å². The highest BCUT2D eigenvalue weighted by atomic mass is 32.1. The van der Waals surface area contributed by atoms with Crippen molar-refractivity contribution < 1.29 is 9.67 Å². The number of hydrogen-bond donors (Lipinski definition) is 1. The van der Waals surface area contributed by atoms with Crippen LogP contribution in [0.25, 0.3) is 21.5 Å². The van der Waals surface area contributed by atoms with E-state index in [1.165, 1.54) is 20.8 Å². The van der Waals surface area contributed by atoms with E-state index in [0.29, 0.717) is 5.76 Å². The molecule has 1 heterocycles. The molecule has 0 bridgehead atoms. The number of thiazole rings is 1. The third-order valence-corrected chi connectivity index (χ3v) is 5.33. The lowest BCUT2D eigenvalue weighted by molar-refractivity contribution is -0.665. The molecule has 0 unspecified atom stereocenters. The summed E-state index contributed by atoms with van der Waals surface area (Å²) in [6.45, 7) is 3.06. The van der Waals surface area contributed by atoms with Gasteiger partial charge in [-0.15, -0.1) is 0 Å². The molecule has 3 heteroatoms. The first-order valence-corrected chi connectivity index (χ1v) is 8.03. The fourth-order valence-electron chi connectivity index (χ4n) is 3.09. The van der Waals surface area contributed by atoms with Gasteiger partial charge in [0.2, 0.25) is 5.52 Å². The first-order valence-electron chi connectivity index (χ1n) is 7.21. The Labute approximate surface area is 127 Å². The van der Waals surface area contributed by atoms with Crippen LogP contribution in [0, 0.1) is 0 Å². The van der Waals surface area contributed by atoms with Gasteiger partial charge in [0.05, 0.1) is 5.57 Å². The molecule has 2 aromatic carbocycles. The lowest BCUT2D eigenvalue weighted by atomic mass is 10.1. The van der Waals surface area contributed by atoms with Crippen molar-refractivity contribution in [1.29, 1.82) is 0 Å². The Morgan fingerprint density at radius 1 is 1.10 bits per heavy atom. The third kappa shape index (κ3) is 1.81. The number of aromatic nitrogens is 1. The number of rotatable bonds is 2. The molecule has 1 aliphatic rings. The summed E-state index contributed by atoms with van der Waals surface area (Å²) in [5.41, 5.74) is 4.49. The lowest BCUT2D eigenvalue weighted by Crippen LogP contribution is -2.34. The van der Waals surface area contributed by atoms with Gasteiger partial charge in [-0.05, 0) is 18.6 Å². The Bertz CT molecular complexity index is 876. The maximum Gasteiger partial charge on any atom is 0.270 e. The summed E-state index contributed by atoms with van der Waals surface area (Å²) in [6.07, 6.45) is 0.814. The van der Waals surface area contributed by atoms with E-state index in [9.17, 15) is 5.11 Å². The van der Waals surface area contributed by atoms with Crippen molar-refractivity contribution in [3.63, 3.8) is 0 Å². The van der Waals surface area contributed by atoms with Crippen LogP contribution in [-0.2, 0) is 13.0 Å². The molecule has 0 aliphatic heterocycles. The van der Waals surface area contributed by atoms with Crippen molar-refractivity contribution in [1.82, 2.24) is 0 Å². The number of benzene rings is 2. The number of allylic oxidation sites excluding steroid dienone is 1. The number of aryl methyl sites for hydroxylation is 1. The van der Waals surface area contributed by atoms with Crippen LogP contribution in [0.3, 0.4) is 0 Å². The fraction of sp³-hybridized carbons (Fsp3) is 0.167. The van der Waals surface area contributed by atoms with Crippen molar-refractivity contribution >= 4 is 32.9 Å². The second-order valence-electron chi connectivity index (χ2n) is 5.28. The molecule has 0 atom stereocenters. The molecular formula is C18H16NOS+. The smallest absolute Gasteiger partial charge is 0.270 e. The Morgan fingerprint density at radius 3 is 2.67 bits per heavy atom. The van der Waals surface area contributed by atoms with Crippen LogP contribution in [0.5, 0.6) is 0 Å². The third-order valence-electron chi connectivity index (χ3n) is 4.11. The van der Waals surface area contributed by atoms with Crippen LogP contribution in [0.15, 0.2) is 48.5 Å². The number of aliphatic hydroxyl groups excluding tert-OH is 1. The van der Waals surface area contributed by atoms with Gasteiger partial charge in [-0.25, -0.2) is 0 Å². The lowest BCUT2D eigenvalue weighted by Gasteiger charge is -1.98. The first kappa shape index (κ1) is 12.6. The van der Waals surface area contributed by atoms with Gasteiger partial charge in [-0.1, -0.05) is 47.7 Å². The summed E-state index contributed by atoms with van der Waals surface area (Å²) >= 11 is 1.77. The van der Waals surface area contributed by atoms with Crippen molar-refractivity contribution in [3.8, 4) is 0 Å². The van der Waals surface area contributed by atoms with Gasteiger partial charge in [-0.2, -0.15) is 4.57 Å². The number of para-hydroxylation sites is 1. The standard InChI is InChI=1S/C18H15NOS/c1-2-19-15-9-5-6-10-16(15)21-18(19)14-11-12-7-3-4-8-13(12)17(14)20/h3-10H,2,11H2,1H3/p+1. The largest absolute Gasteiger partial charge is 0.507 e. The quantitative estimate of drug-likeness (QED) is 0.704. The molecule has 1 aromatic heterocycles. The minimum Gasteiger partial charge on any atom is -0.507 e. The Hall–Kier alpha value is -2.13. The minimum absolute atomic E-state index is 0.444. The van der Waals surface area contributed by atoms with Crippen molar-refractivity contribution in [3.05, 3.63) is 64.7 Å². The van der Waals surface area contributed by atoms with E-state index < -0.39 is 0 Å². The van der Waals surface area contributed by atoms with Gasteiger partial charge >= 0.3 is 0 Å². The van der Waals surface area contributed by atoms with Crippen molar-refractivity contribution in [2.45, 2.75) is 19.9 Å². The normalized spacial score (nSPS) is 14.0. The molecular weight excluding hydrogens is 278 g/mol. The highest BCUT2D eigenvalue weighted by Gasteiger charge is 2.30. The molecule has 0 fully saturated rings. The van der Waals surface area contributed by atoms with E-state index in [4.69, 9.17) is 0 Å². The summed E-state index contributed by atoms with van der Waals surface area (Å²) in [4.78, 5) is 0. The van der Waals surface area contributed by atoms with Gasteiger partial charge < -0.3 is 5.11 Å². The Kier molecular flexibility index (Phi) is 2.82. The predicted octanol–water partition coefficient (Wildman–Crippen LogP) is 4.19. The number of nitrogens with zero attached hydrogens (tertiary/aromatic N) is 1. The fourth-order valence-corrected chi connectivity index (χ4v) is 4.36. The molecule has 1 N–H and O–H groups in total. The molecule has 0 spiro atoms. The van der Waals surface area contributed by atoms with Gasteiger partial charge in [0.25, 0.3) is 5.01 Å². The van der Waals surface area contributed by atoms with Gasteiger partial charge in [0.1, 0.15) is 17.0 Å². The zero-order valence-electron chi connectivity index (χ0n) is 11.8. The molecule has 0 amide bonds. The molecule has 104 valence electrons. The Balaban J connectivity index is 1.95. The van der Waals surface area contributed by atoms with E-state index in [1.807, 2.05) is 18.2 Å². The molecule has 2 nitrogen and oxygen atoms in total. The summed E-state index contributed by atoms with van der Waals surface area (Å²) in [5, 5.41) is 11.8. The maximum absolute atomic E-state index is 10.6. The van der Waals surface area contributed by atoms with E-state index in [2.05, 4.69) is 41.8 Å². The van der Waals surface area contributed by atoms with Crippen LogP contribution in [0.2, 0.25) is 0 Å². The van der Waals surface area contributed by atoms with E-state index in [-0.39, 0.29) is 0 Å². The number of hydrogen-bond acceptors (Lipinski definition) is 2. The summed E-state index contributed by atoms with van der Waals surface area (Å²) in [5.74, 6) is 0.444. The average molecular weight is 294 g/mol. The maximum atomic E-state index is 10.6. The van der Waals surface area contributed by atoms with Gasteiger partial charge in [-0.3, -0.25) is 0 Å². The predicted molar refractivity (Wildman–Crippen MR) is 87.3 cm³/mol. The zero-order chi connectivity index (χ0) is 14.4. The molecule has 1 aliphatic carbocycles. The SMILES string of the molecule is CC[n+]1c(C2=C(O)c3ccccc3C2)sc2ccccc21. The molecule has 3 aromatic rings. The Morgan fingerprint density at radius 2 is 1.86 bits per heavy atom. The van der Waals surface area contributed by atoms with E-state index in [1.54, 1.807) is 11.3 Å². The van der Waals surface area contributed by atoms with Crippen LogP contribution in [0.1, 0.15) is 23.1 Å². The first-order chi connectivity index (χ1) is 10.3. The highest BCUT2D eigenvalue weighted by molar-refractivity contribution is 7.19. The summed E-state index contributed by atoms with van der Waals surface area (Å²) in [7, 11) is 0. The van der Waals surface area contributed by atoms with Crippen LogP contribution in [-0.4, -0.2) is 5.11 Å². The monoisotopic (exact) mass is 294 g/mol. The molecule has 0 radical (unpaired) electrons. The molecule has 0 saturated carbocycles. The second kappa shape index (κ2) is 4.71. The minimum atomic E-state index is 0.444. The topological polar surface area (TPSA) is 24.1 Å². The highest BCUT2D eigenvalue weighted by Crippen LogP contribution is 2.38.